The minimum absolute atomic E-state index is 0.173. The molecule has 9 heteroatoms. The number of aliphatic carboxylic acids is 1. The molecule has 17 heavy (non-hydrogen) atoms. The van der Waals surface area contributed by atoms with Crippen LogP contribution < -0.4 is 17.1 Å². The first-order valence-electron chi connectivity index (χ1n) is 4.63. The molecule has 0 spiro atoms. The Morgan fingerprint density at radius 2 is 1.82 bits per heavy atom. The van der Waals surface area contributed by atoms with Crippen LogP contribution >= 0.6 is 0 Å². The van der Waals surface area contributed by atoms with Gasteiger partial charge in [-0.15, -0.1) is 0 Å². The van der Waals surface area contributed by atoms with Gasteiger partial charge in [-0.2, -0.15) is 0 Å². The molecule has 1 aromatic heterocycles. The van der Waals surface area contributed by atoms with Crippen LogP contribution in [0.5, 0.6) is 0 Å². The van der Waals surface area contributed by atoms with Crippen LogP contribution in [-0.4, -0.2) is 32.7 Å². The average Bonchev–Trinajstić information content (AvgIpc) is 2.22. The molecule has 1 unspecified atom stereocenters. The Kier molecular flexibility index (Phi) is 3.32. The number of ether oxygens (including phenoxy) is 1. The number of aromatic amines is 2. The van der Waals surface area contributed by atoms with E-state index in [1.54, 1.807) is 9.97 Å². The highest BCUT2D eigenvalue weighted by atomic mass is 16.5. The number of nitrogens with one attached hydrogen (secondary N) is 2. The van der Waals surface area contributed by atoms with Gasteiger partial charge in [-0.3, -0.25) is 9.97 Å². The van der Waals surface area contributed by atoms with Crippen molar-refractivity contribution in [1.82, 2.24) is 14.5 Å². The zero-order valence-corrected chi connectivity index (χ0v) is 9.14. The van der Waals surface area contributed by atoms with Gasteiger partial charge >= 0.3 is 23.0 Å². The fraction of sp³-hybridized carbons (Fsp3) is 0.500. The third-order valence-corrected chi connectivity index (χ3v) is 2.36. The number of carboxylic acid groups (broad SMARTS) is 1. The summed E-state index contributed by atoms with van der Waals surface area (Å²) in [6.45, 7) is 1.43. The van der Waals surface area contributed by atoms with Crippen LogP contribution in [-0.2, 0) is 15.3 Å². The highest BCUT2D eigenvalue weighted by Gasteiger charge is 2.42. The summed E-state index contributed by atoms with van der Waals surface area (Å²) >= 11 is 0. The van der Waals surface area contributed by atoms with Gasteiger partial charge in [-0.1, -0.05) is 6.92 Å². The molecule has 0 aliphatic carbocycles. The maximum atomic E-state index is 11.5. The average molecular weight is 245 g/mol. The molecular weight excluding hydrogens is 234 g/mol. The predicted molar refractivity (Wildman–Crippen MR) is 54.9 cm³/mol. The molecule has 0 aliphatic heterocycles. The van der Waals surface area contributed by atoms with E-state index in [0.29, 0.717) is 4.57 Å². The van der Waals surface area contributed by atoms with Gasteiger partial charge in [0.25, 0.3) is 5.72 Å². The summed E-state index contributed by atoms with van der Waals surface area (Å²) < 4.78 is 5.07. The summed E-state index contributed by atoms with van der Waals surface area (Å²) in [7, 11) is 1.05. The second kappa shape index (κ2) is 4.37. The van der Waals surface area contributed by atoms with Crippen molar-refractivity contribution in [2.45, 2.75) is 19.1 Å². The molecule has 0 fully saturated rings. The summed E-state index contributed by atoms with van der Waals surface area (Å²) in [5.41, 5.74) is -5.45. The number of aromatic nitrogens is 3. The van der Waals surface area contributed by atoms with E-state index in [1.165, 1.54) is 6.92 Å². The second-order valence-electron chi connectivity index (χ2n) is 3.17. The maximum absolute atomic E-state index is 11.5. The third kappa shape index (κ3) is 1.91. The fourth-order valence-corrected chi connectivity index (χ4v) is 1.49. The van der Waals surface area contributed by atoms with Gasteiger partial charge in [0.15, 0.2) is 0 Å². The quantitative estimate of drug-likeness (QED) is 0.562. The SMILES string of the molecule is CCC(OC)(C(=O)O)n1c(=O)[nH]c(=O)[nH]c1=O. The summed E-state index contributed by atoms with van der Waals surface area (Å²) in [5, 5.41) is 9.07. The number of rotatable bonds is 4. The standard InChI is InChI=1S/C8H11N3O6/c1-3-8(17-2,4(12)13)11-6(15)9-5(14)10-7(11)16/h3H2,1-2H3,(H,12,13)(H2,9,10,14,15,16). The van der Waals surface area contributed by atoms with E-state index in [-0.39, 0.29) is 6.42 Å². The molecule has 1 heterocycles. The van der Waals surface area contributed by atoms with Gasteiger partial charge in [-0.25, -0.2) is 23.7 Å². The zero-order chi connectivity index (χ0) is 13.2. The number of hydrogen-bond acceptors (Lipinski definition) is 5. The normalized spacial score (nSPS) is 14.2. The molecule has 3 N–H and O–H groups in total. The molecule has 0 saturated carbocycles. The van der Waals surface area contributed by atoms with Crippen molar-refractivity contribution in [3.63, 3.8) is 0 Å². The van der Waals surface area contributed by atoms with E-state index in [0.717, 1.165) is 7.11 Å². The van der Waals surface area contributed by atoms with Gasteiger partial charge in [-0.05, 0) is 0 Å². The smallest absolute Gasteiger partial charge is 0.358 e. The molecular formula is C8H11N3O6. The molecule has 0 amide bonds. The topological polar surface area (TPSA) is 134 Å². The minimum atomic E-state index is -2.14. The molecule has 9 nitrogen and oxygen atoms in total. The van der Waals surface area contributed by atoms with Crippen LogP contribution in [0.1, 0.15) is 13.3 Å². The van der Waals surface area contributed by atoms with Crippen LogP contribution in [0.2, 0.25) is 0 Å². The van der Waals surface area contributed by atoms with E-state index in [9.17, 15) is 19.2 Å². The first kappa shape index (κ1) is 12.9. The van der Waals surface area contributed by atoms with Crippen molar-refractivity contribution in [3.05, 3.63) is 31.5 Å². The molecule has 1 aromatic rings. The van der Waals surface area contributed by atoms with E-state index >= 15 is 0 Å². The molecule has 0 aromatic carbocycles. The maximum Gasteiger partial charge on any atom is 0.358 e. The fourth-order valence-electron chi connectivity index (χ4n) is 1.49. The summed E-state index contributed by atoms with van der Waals surface area (Å²) in [6.07, 6.45) is -0.173. The van der Waals surface area contributed by atoms with E-state index in [4.69, 9.17) is 9.84 Å². The predicted octanol–water partition coefficient (Wildman–Crippen LogP) is -1.98. The van der Waals surface area contributed by atoms with E-state index in [1.807, 2.05) is 0 Å². The van der Waals surface area contributed by atoms with E-state index in [2.05, 4.69) is 0 Å². The lowest BCUT2D eigenvalue weighted by Gasteiger charge is -2.26. The molecule has 0 bridgehead atoms. The lowest BCUT2D eigenvalue weighted by molar-refractivity contribution is -0.179. The molecule has 0 aliphatic rings. The Morgan fingerprint density at radius 3 is 2.12 bits per heavy atom. The molecule has 1 atom stereocenters. The van der Waals surface area contributed by atoms with Gasteiger partial charge in [0.2, 0.25) is 0 Å². The van der Waals surface area contributed by atoms with Crippen molar-refractivity contribution in [2.75, 3.05) is 7.11 Å². The first-order valence-corrected chi connectivity index (χ1v) is 4.63. The number of carbonyl (C=O) groups is 1. The van der Waals surface area contributed by atoms with Gasteiger partial charge in [0.05, 0.1) is 0 Å². The first-order chi connectivity index (χ1) is 7.89. The highest BCUT2D eigenvalue weighted by Crippen LogP contribution is 2.18. The number of hydrogen-bond donors (Lipinski definition) is 3. The Labute approximate surface area is 93.7 Å². The third-order valence-electron chi connectivity index (χ3n) is 2.36. The lowest BCUT2D eigenvalue weighted by Crippen LogP contribution is -2.57. The number of carboxylic acids is 1. The van der Waals surface area contributed by atoms with Gasteiger partial charge in [0.1, 0.15) is 0 Å². The molecule has 0 radical (unpaired) electrons. The second-order valence-corrected chi connectivity index (χ2v) is 3.17. The van der Waals surface area contributed by atoms with Crippen molar-refractivity contribution in [3.8, 4) is 0 Å². The minimum Gasteiger partial charge on any atom is -0.478 e. The Hall–Kier alpha value is -2.16. The van der Waals surface area contributed by atoms with E-state index < -0.39 is 28.8 Å². The van der Waals surface area contributed by atoms with Crippen LogP contribution in [0, 0.1) is 0 Å². The van der Waals surface area contributed by atoms with Crippen LogP contribution in [0.4, 0.5) is 0 Å². The Bertz CT molecular complexity index is 556. The van der Waals surface area contributed by atoms with Crippen molar-refractivity contribution in [2.24, 2.45) is 0 Å². The van der Waals surface area contributed by atoms with Crippen molar-refractivity contribution in [1.29, 1.82) is 0 Å². The molecule has 94 valence electrons. The van der Waals surface area contributed by atoms with Crippen LogP contribution in [0.3, 0.4) is 0 Å². The molecule has 0 saturated heterocycles. The number of H-pyrrole nitrogens is 2. The molecule has 1 rings (SSSR count). The van der Waals surface area contributed by atoms with Crippen LogP contribution in [0.15, 0.2) is 14.4 Å². The Morgan fingerprint density at radius 1 is 1.35 bits per heavy atom. The zero-order valence-electron chi connectivity index (χ0n) is 9.14. The van der Waals surface area contributed by atoms with Crippen molar-refractivity contribution < 1.29 is 14.6 Å². The number of methoxy groups -OCH3 is 1. The van der Waals surface area contributed by atoms with Crippen molar-refractivity contribution >= 4 is 5.97 Å². The largest absolute Gasteiger partial charge is 0.478 e. The summed E-state index contributed by atoms with van der Waals surface area (Å²) in [4.78, 5) is 48.4. The summed E-state index contributed by atoms with van der Waals surface area (Å²) in [6, 6.07) is 0. The Balaban J connectivity index is 3.73. The van der Waals surface area contributed by atoms with Gasteiger partial charge in [0, 0.05) is 13.5 Å². The van der Waals surface area contributed by atoms with Gasteiger partial charge < -0.3 is 9.84 Å². The van der Waals surface area contributed by atoms with Crippen LogP contribution in [0.25, 0.3) is 0 Å². The lowest BCUT2D eigenvalue weighted by atomic mass is 10.1. The number of nitrogens with zero attached hydrogens (tertiary/aromatic N) is 1. The monoisotopic (exact) mass is 245 g/mol. The highest BCUT2D eigenvalue weighted by molar-refractivity contribution is 5.74. The summed E-state index contributed by atoms with van der Waals surface area (Å²) in [5.74, 6) is -1.51.